The van der Waals surface area contributed by atoms with E-state index in [1.165, 1.54) is 12.1 Å². The van der Waals surface area contributed by atoms with Gasteiger partial charge in [-0.1, -0.05) is 49.5 Å². The molecule has 0 saturated heterocycles. The van der Waals surface area contributed by atoms with Gasteiger partial charge in [-0.15, -0.1) is 0 Å². The van der Waals surface area contributed by atoms with Crippen LogP contribution in [0, 0.1) is 5.82 Å². The summed E-state index contributed by atoms with van der Waals surface area (Å²) in [6.45, 7) is 0. The molecule has 0 heterocycles. The maximum absolute atomic E-state index is 13.2. The fraction of sp³-hybridized carbons (Fsp3) is 0.143. The topological polar surface area (TPSA) is 26.0 Å². The molecular formula is C14H11Br2ClFN. The van der Waals surface area contributed by atoms with Crippen molar-refractivity contribution in [1.29, 1.82) is 0 Å². The Morgan fingerprint density at radius 1 is 1.16 bits per heavy atom. The lowest BCUT2D eigenvalue weighted by atomic mass is 9.99. The van der Waals surface area contributed by atoms with Crippen molar-refractivity contribution in [3.63, 3.8) is 0 Å². The quantitative estimate of drug-likeness (QED) is 0.739. The number of nitrogens with two attached hydrogens (primary N) is 1. The van der Waals surface area contributed by atoms with Crippen LogP contribution in [0.2, 0.25) is 5.02 Å². The number of benzene rings is 2. The standard InChI is InChI=1S/C14H11Br2ClFN/c15-9-1-3-11(12(16)7-9)14(19)6-8-5-10(18)2-4-13(8)17/h1-5,7,14H,6,19H2. The van der Waals surface area contributed by atoms with Gasteiger partial charge >= 0.3 is 0 Å². The minimum Gasteiger partial charge on any atom is -0.324 e. The molecule has 1 atom stereocenters. The molecule has 1 nitrogen and oxygen atoms in total. The maximum atomic E-state index is 13.2. The van der Waals surface area contributed by atoms with Crippen molar-refractivity contribution in [2.24, 2.45) is 5.73 Å². The molecule has 19 heavy (non-hydrogen) atoms. The second kappa shape index (κ2) is 6.35. The second-order valence-corrected chi connectivity index (χ2v) is 6.39. The molecule has 2 aromatic carbocycles. The van der Waals surface area contributed by atoms with E-state index >= 15 is 0 Å². The van der Waals surface area contributed by atoms with Gasteiger partial charge in [-0.25, -0.2) is 4.39 Å². The molecule has 2 aromatic rings. The lowest BCUT2D eigenvalue weighted by molar-refractivity contribution is 0.622. The van der Waals surface area contributed by atoms with Crippen molar-refractivity contribution >= 4 is 43.5 Å². The average Bonchev–Trinajstić information content (AvgIpc) is 2.33. The zero-order chi connectivity index (χ0) is 14.0. The van der Waals surface area contributed by atoms with E-state index in [0.29, 0.717) is 17.0 Å². The Bertz CT molecular complexity index is 604. The molecule has 0 aromatic heterocycles. The highest BCUT2D eigenvalue weighted by molar-refractivity contribution is 9.11. The molecule has 1 unspecified atom stereocenters. The molecule has 2 N–H and O–H groups in total. The van der Waals surface area contributed by atoms with Crippen molar-refractivity contribution in [3.8, 4) is 0 Å². The number of hydrogen-bond donors (Lipinski definition) is 1. The van der Waals surface area contributed by atoms with Crippen LogP contribution in [-0.4, -0.2) is 0 Å². The Morgan fingerprint density at radius 2 is 1.89 bits per heavy atom. The van der Waals surface area contributed by atoms with E-state index in [9.17, 15) is 4.39 Å². The normalized spacial score (nSPS) is 12.5. The van der Waals surface area contributed by atoms with Gasteiger partial charge in [0.15, 0.2) is 0 Å². The summed E-state index contributed by atoms with van der Waals surface area (Å²) in [5.41, 5.74) is 7.84. The summed E-state index contributed by atoms with van der Waals surface area (Å²) in [6.07, 6.45) is 0.483. The summed E-state index contributed by atoms with van der Waals surface area (Å²) in [5.74, 6) is -0.304. The van der Waals surface area contributed by atoms with Crippen LogP contribution in [0.4, 0.5) is 4.39 Å². The summed E-state index contributed by atoms with van der Waals surface area (Å²) in [7, 11) is 0. The highest BCUT2D eigenvalue weighted by Gasteiger charge is 2.13. The zero-order valence-corrected chi connectivity index (χ0v) is 13.8. The van der Waals surface area contributed by atoms with Crippen LogP contribution in [0.3, 0.4) is 0 Å². The van der Waals surface area contributed by atoms with Gasteiger partial charge in [0.2, 0.25) is 0 Å². The van der Waals surface area contributed by atoms with Crippen LogP contribution in [-0.2, 0) is 6.42 Å². The van der Waals surface area contributed by atoms with Gasteiger partial charge in [0.1, 0.15) is 5.82 Å². The van der Waals surface area contributed by atoms with Gasteiger partial charge in [-0.05, 0) is 47.9 Å². The first-order valence-corrected chi connectivity index (χ1v) is 7.58. The van der Waals surface area contributed by atoms with Gasteiger partial charge < -0.3 is 5.73 Å². The first kappa shape index (κ1) is 15.0. The highest BCUT2D eigenvalue weighted by Crippen LogP contribution is 2.29. The zero-order valence-electron chi connectivity index (χ0n) is 9.84. The monoisotopic (exact) mass is 405 g/mol. The predicted molar refractivity (Wildman–Crippen MR) is 83.9 cm³/mol. The number of halogens is 4. The molecule has 0 amide bonds. The molecule has 0 aliphatic carbocycles. The molecule has 100 valence electrons. The van der Waals surface area contributed by atoms with E-state index in [1.54, 1.807) is 6.07 Å². The number of hydrogen-bond acceptors (Lipinski definition) is 1. The number of rotatable bonds is 3. The Labute approximate surface area is 133 Å². The van der Waals surface area contributed by atoms with E-state index in [2.05, 4.69) is 31.9 Å². The van der Waals surface area contributed by atoms with Crippen LogP contribution in [0.15, 0.2) is 45.3 Å². The van der Waals surface area contributed by atoms with Crippen molar-refractivity contribution in [1.82, 2.24) is 0 Å². The Morgan fingerprint density at radius 3 is 2.58 bits per heavy atom. The van der Waals surface area contributed by atoms with Crippen LogP contribution >= 0.6 is 43.5 Å². The summed E-state index contributed by atoms with van der Waals surface area (Å²) in [5, 5.41) is 0.532. The van der Waals surface area contributed by atoms with E-state index in [-0.39, 0.29) is 11.9 Å². The van der Waals surface area contributed by atoms with Crippen LogP contribution < -0.4 is 5.73 Å². The summed E-state index contributed by atoms with van der Waals surface area (Å²) >= 11 is 12.9. The largest absolute Gasteiger partial charge is 0.324 e. The predicted octanol–water partition coefficient (Wildman–Crippen LogP) is 5.25. The molecule has 2 rings (SSSR count). The molecule has 0 aliphatic rings. The Kier molecular flexibility index (Phi) is 5.01. The van der Waals surface area contributed by atoms with E-state index in [0.717, 1.165) is 14.5 Å². The SMILES string of the molecule is NC(Cc1cc(F)ccc1Cl)c1ccc(Br)cc1Br. The summed E-state index contributed by atoms with van der Waals surface area (Å²) in [6, 6.07) is 9.86. The highest BCUT2D eigenvalue weighted by atomic mass is 79.9. The van der Waals surface area contributed by atoms with E-state index in [4.69, 9.17) is 17.3 Å². The molecule has 0 spiro atoms. The van der Waals surface area contributed by atoms with Crippen LogP contribution in [0.5, 0.6) is 0 Å². The van der Waals surface area contributed by atoms with Gasteiger partial charge in [0.05, 0.1) is 0 Å². The first-order chi connectivity index (χ1) is 8.97. The lowest BCUT2D eigenvalue weighted by Crippen LogP contribution is -2.14. The fourth-order valence-electron chi connectivity index (χ4n) is 1.85. The molecule has 0 bridgehead atoms. The molecule has 0 aliphatic heterocycles. The molecule has 0 saturated carbocycles. The van der Waals surface area contributed by atoms with Crippen LogP contribution in [0.25, 0.3) is 0 Å². The van der Waals surface area contributed by atoms with Crippen LogP contribution in [0.1, 0.15) is 17.2 Å². The minimum atomic E-state index is -0.304. The Balaban J connectivity index is 2.25. The Hall–Kier alpha value is -0.420. The summed E-state index contributed by atoms with van der Waals surface area (Å²) < 4.78 is 15.1. The third kappa shape index (κ3) is 3.78. The van der Waals surface area contributed by atoms with Gasteiger partial charge in [0, 0.05) is 20.0 Å². The third-order valence-corrected chi connectivity index (χ3v) is 4.36. The third-order valence-electron chi connectivity index (χ3n) is 2.81. The minimum absolute atomic E-state index is 0.248. The molecule has 5 heteroatoms. The molecule has 0 radical (unpaired) electrons. The lowest BCUT2D eigenvalue weighted by Gasteiger charge is -2.15. The fourth-order valence-corrected chi connectivity index (χ4v) is 3.38. The van der Waals surface area contributed by atoms with E-state index in [1.807, 2.05) is 18.2 Å². The molecular weight excluding hydrogens is 396 g/mol. The van der Waals surface area contributed by atoms with Crippen molar-refractivity contribution in [3.05, 3.63) is 67.3 Å². The van der Waals surface area contributed by atoms with Gasteiger partial charge in [-0.2, -0.15) is 0 Å². The smallest absolute Gasteiger partial charge is 0.123 e. The van der Waals surface area contributed by atoms with E-state index < -0.39 is 0 Å². The second-order valence-electron chi connectivity index (χ2n) is 4.21. The van der Waals surface area contributed by atoms with Crippen molar-refractivity contribution in [2.75, 3.05) is 0 Å². The van der Waals surface area contributed by atoms with Crippen molar-refractivity contribution in [2.45, 2.75) is 12.5 Å². The molecule has 0 fully saturated rings. The average molecular weight is 408 g/mol. The first-order valence-electron chi connectivity index (χ1n) is 5.62. The van der Waals surface area contributed by atoms with Crippen molar-refractivity contribution < 1.29 is 4.39 Å². The van der Waals surface area contributed by atoms with Gasteiger partial charge in [-0.3, -0.25) is 0 Å². The van der Waals surface area contributed by atoms with Gasteiger partial charge in [0.25, 0.3) is 0 Å². The maximum Gasteiger partial charge on any atom is 0.123 e. The summed E-state index contributed by atoms with van der Waals surface area (Å²) in [4.78, 5) is 0.